The van der Waals surface area contributed by atoms with Gasteiger partial charge in [-0.15, -0.1) is 0 Å². The topological polar surface area (TPSA) is 73.6 Å². The molecule has 4 nitrogen and oxygen atoms in total. The SMILES string of the molecule is CCC(C)(C)COCC(C)(C)CN=C(N)N. The molecule has 0 aromatic heterocycles. The summed E-state index contributed by atoms with van der Waals surface area (Å²) in [6.45, 7) is 12.8. The Labute approximate surface area is 99.4 Å². The summed E-state index contributed by atoms with van der Waals surface area (Å²) in [6, 6.07) is 0. The van der Waals surface area contributed by atoms with E-state index in [-0.39, 0.29) is 16.8 Å². The molecule has 0 rings (SSSR count). The molecule has 4 N–H and O–H groups in total. The molecule has 0 aromatic carbocycles. The van der Waals surface area contributed by atoms with E-state index >= 15 is 0 Å². The Morgan fingerprint density at radius 1 is 1.06 bits per heavy atom. The van der Waals surface area contributed by atoms with Crippen molar-refractivity contribution in [2.24, 2.45) is 27.3 Å². The molecule has 4 heteroatoms. The molecule has 0 unspecified atom stereocenters. The monoisotopic (exact) mass is 229 g/mol. The molecule has 0 aliphatic rings. The van der Waals surface area contributed by atoms with Crippen LogP contribution in [0.5, 0.6) is 0 Å². The lowest BCUT2D eigenvalue weighted by atomic mass is 9.91. The van der Waals surface area contributed by atoms with Gasteiger partial charge in [-0.3, -0.25) is 4.99 Å². The van der Waals surface area contributed by atoms with Crippen LogP contribution in [0.4, 0.5) is 0 Å². The normalized spacial score (nSPS) is 12.6. The first kappa shape index (κ1) is 15.2. The van der Waals surface area contributed by atoms with Crippen molar-refractivity contribution in [2.45, 2.75) is 41.0 Å². The van der Waals surface area contributed by atoms with Crippen molar-refractivity contribution in [3.8, 4) is 0 Å². The first-order chi connectivity index (χ1) is 7.18. The highest BCUT2D eigenvalue weighted by molar-refractivity contribution is 5.75. The van der Waals surface area contributed by atoms with Crippen LogP contribution in [0.25, 0.3) is 0 Å². The van der Waals surface area contributed by atoms with Crippen LogP contribution in [0.3, 0.4) is 0 Å². The van der Waals surface area contributed by atoms with Gasteiger partial charge in [0.15, 0.2) is 5.96 Å². The predicted octanol–water partition coefficient (Wildman–Crippen LogP) is 1.74. The van der Waals surface area contributed by atoms with Crippen molar-refractivity contribution in [2.75, 3.05) is 19.8 Å². The lowest BCUT2D eigenvalue weighted by molar-refractivity contribution is 0.0170. The molecule has 0 fully saturated rings. The van der Waals surface area contributed by atoms with E-state index in [1.165, 1.54) is 0 Å². The molecule has 0 spiro atoms. The highest BCUT2D eigenvalue weighted by Gasteiger charge is 2.21. The fourth-order valence-electron chi connectivity index (χ4n) is 1.06. The lowest BCUT2D eigenvalue weighted by Crippen LogP contribution is -2.30. The second kappa shape index (κ2) is 6.09. The van der Waals surface area contributed by atoms with Crippen LogP contribution < -0.4 is 11.5 Å². The number of ether oxygens (including phenoxy) is 1. The van der Waals surface area contributed by atoms with Gasteiger partial charge in [0.05, 0.1) is 19.8 Å². The van der Waals surface area contributed by atoms with Gasteiger partial charge in [0.2, 0.25) is 0 Å². The van der Waals surface area contributed by atoms with Gasteiger partial charge in [-0.1, -0.05) is 34.6 Å². The third-order valence-electron chi connectivity index (χ3n) is 2.63. The quantitative estimate of drug-likeness (QED) is 0.516. The predicted molar refractivity (Wildman–Crippen MR) is 69.3 cm³/mol. The van der Waals surface area contributed by atoms with Crippen LogP contribution >= 0.6 is 0 Å². The van der Waals surface area contributed by atoms with E-state index in [4.69, 9.17) is 16.2 Å². The highest BCUT2D eigenvalue weighted by Crippen LogP contribution is 2.22. The van der Waals surface area contributed by atoms with Gasteiger partial charge in [-0.25, -0.2) is 0 Å². The molecule has 0 aromatic rings. The Balaban J connectivity index is 3.95. The number of aliphatic imine (C=N–C) groups is 1. The van der Waals surface area contributed by atoms with Gasteiger partial charge in [0, 0.05) is 5.41 Å². The van der Waals surface area contributed by atoms with Gasteiger partial charge in [-0.2, -0.15) is 0 Å². The van der Waals surface area contributed by atoms with Crippen molar-refractivity contribution in [3.05, 3.63) is 0 Å². The molecular weight excluding hydrogens is 202 g/mol. The summed E-state index contributed by atoms with van der Waals surface area (Å²) in [5, 5.41) is 0. The summed E-state index contributed by atoms with van der Waals surface area (Å²) in [5.74, 6) is 0.141. The molecule has 0 saturated heterocycles. The smallest absolute Gasteiger partial charge is 0.185 e. The zero-order chi connectivity index (χ0) is 12.8. The molecule has 0 amide bonds. The first-order valence-electron chi connectivity index (χ1n) is 5.82. The number of guanidine groups is 1. The maximum atomic E-state index is 5.74. The maximum absolute atomic E-state index is 5.74. The van der Waals surface area contributed by atoms with Crippen LogP contribution in [0.2, 0.25) is 0 Å². The van der Waals surface area contributed by atoms with E-state index in [0.717, 1.165) is 13.0 Å². The van der Waals surface area contributed by atoms with E-state index in [0.29, 0.717) is 13.2 Å². The Kier molecular flexibility index (Phi) is 5.79. The maximum Gasteiger partial charge on any atom is 0.185 e. The molecule has 16 heavy (non-hydrogen) atoms. The molecule has 0 atom stereocenters. The summed E-state index contributed by atoms with van der Waals surface area (Å²) < 4.78 is 5.74. The Bertz CT molecular complexity index is 230. The van der Waals surface area contributed by atoms with E-state index < -0.39 is 0 Å². The summed E-state index contributed by atoms with van der Waals surface area (Å²) in [6.07, 6.45) is 1.11. The van der Waals surface area contributed by atoms with Crippen LogP contribution in [0, 0.1) is 10.8 Å². The third-order valence-corrected chi connectivity index (χ3v) is 2.63. The summed E-state index contributed by atoms with van der Waals surface area (Å²) in [5.41, 5.74) is 10.8. The van der Waals surface area contributed by atoms with Gasteiger partial charge >= 0.3 is 0 Å². The van der Waals surface area contributed by atoms with Crippen LogP contribution in [-0.2, 0) is 4.74 Å². The molecule has 96 valence electrons. The van der Waals surface area contributed by atoms with E-state index in [2.05, 4.69) is 39.6 Å². The summed E-state index contributed by atoms with van der Waals surface area (Å²) in [7, 11) is 0. The second-order valence-corrected chi connectivity index (χ2v) is 5.92. The van der Waals surface area contributed by atoms with Crippen LogP contribution in [-0.4, -0.2) is 25.7 Å². The van der Waals surface area contributed by atoms with Gasteiger partial charge < -0.3 is 16.2 Å². The van der Waals surface area contributed by atoms with Gasteiger partial charge in [0.25, 0.3) is 0 Å². The number of rotatable bonds is 7. The summed E-state index contributed by atoms with van der Waals surface area (Å²) in [4.78, 5) is 4.02. The molecule has 0 radical (unpaired) electrons. The van der Waals surface area contributed by atoms with Crippen molar-refractivity contribution in [3.63, 3.8) is 0 Å². The Morgan fingerprint density at radius 2 is 1.56 bits per heavy atom. The zero-order valence-corrected chi connectivity index (χ0v) is 11.3. The fraction of sp³-hybridized carbons (Fsp3) is 0.917. The van der Waals surface area contributed by atoms with E-state index in [1.54, 1.807) is 0 Å². The van der Waals surface area contributed by atoms with Crippen molar-refractivity contribution >= 4 is 5.96 Å². The molecule has 0 bridgehead atoms. The number of hydrogen-bond acceptors (Lipinski definition) is 2. The standard InChI is InChI=1S/C12H27N3O/c1-6-11(2,3)8-16-9-12(4,5)7-15-10(13)14/h6-9H2,1-5H3,(H4,13,14,15). The largest absolute Gasteiger partial charge is 0.380 e. The fourth-order valence-corrected chi connectivity index (χ4v) is 1.06. The van der Waals surface area contributed by atoms with E-state index in [1.807, 2.05) is 0 Å². The average molecular weight is 229 g/mol. The number of hydrogen-bond donors (Lipinski definition) is 2. The second-order valence-electron chi connectivity index (χ2n) is 5.92. The van der Waals surface area contributed by atoms with E-state index in [9.17, 15) is 0 Å². The molecule has 0 aliphatic carbocycles. The third kappa shape index (κ3) is 7.51. The molecule has 0 aliphatic heterocycles. The highest BCUT2D eigenvalue weighted by atomic mass is 16.5. The first-order valence-corrected chi connectivity index (χ1v) is 5.82. The molecular formula is C12H27N3O. The van der Waals surface area contributed by atoms with Crippen molar-refractivity contribution in [1.82, 2.24) is 0 Å². The summed E-state index contributed by atoms with van der Waals surface area (Å²) >= 11 is 0. The minimum atomic E-state index is -0.0200. The minimum absolute atomic E-state index is 0.0200. The Hall–Kier alpha value is -0.770. The zero-order valence-electron chi connectivity index (χ0n) is 11.3. The van der Waals surface area contributed by atoms with Gasteiger partial charge in [0.1, 0.15) is 0 Å². The van der Waals surface area contributed by atoms with Crippen molar-refractivity contribution < 1.29 is 4.74 Å². The van der Waals surface area contributed by atoms with Gasteiger partial charge in [-0.05, 0) is 11.8 Å². The van der Waals surface area contributed by atoms with Crippen molar-refractivity contribution in [1.29, 1.82) is 0 Å². The number of nitrogens with two attached hydrogens (primary N) is 2. The van der Waals surface area contributed by atoms with Crippen LogP contribution in [0.1, 0.15) is 41.0 Å². The molecule has 0 saturated carbocycles. The minimum Gasteiger partial charge on any atom is -0.380 e. The lowest BCUT2D eigenvalue weighted by Gasteiger charge is -2.27. The Morgan fingerprint density at radius 3 is 2.00 bits per heavy atom. The molecule has 0 heterocycles. The number of nitrogens with zero attached hydrogens (tertiary/aromatic N) is 1. The van der Waals surface area contributed by atoms with Crippen LogP contribution in [0.15, 0.2) is 4.99 Å². The average Bonchev–Trinajstić information content (AvgIpc) is 2.14.